The Labute approximate surface area is 240 Å². The molecule has 0 unspecified atom stereocenters. The van der Waals surface area contributed by atoms with Gasteiger partial charge >= 0.3 is 0 Å². The fraction of sp³-hybridized carbons (Fsp3) is 0.303. The SMILES string of the molecule is COc1ccc(Cn2c(CCc3ccccc3)nnc2[C@@H](Cc2c[nH]c3ccccc23)N=C([O-])OC(C)(C)C)cc1. The first-order chi connectivity index (χ1) is 19.8. The molecule has 212 valence electrons. The maximum Gasteiger partial charge on any atom is 0.158 e. The van der Waals surface area contributed by atoms with Crippen LogP contribution in [0.3, 0.4) is 0 Å². The number of aliphatic imine (C=N–C) groups is 1. The number of benzene rings is 3. The molecule has 0 bridgehead atoms. The van der Waals surface area contributed by atoms with Crippen molar-refractivity contribution < 1.29 is 14.6 Å². The average Bonchev–Trinajstić information content (AvgIpc) is 3.55. The van der Waals surface area contributed by atoms with Crippen LogP contribution in [0.2, 0.25) is 0 Å². The number of ether oxygens (including phenoxy) is 2. The molecule has 0 aliphatic heterocycles. The zero-order chi connectivity index (χ0) is 28.8. The number of rotatable bonds is 10. The molecule has 0 aliphatic carbocycles. The zero-order valence-electron chi connectivity index (χ0n) is 24.0. The van der Waals surface area contributed by atoms with E-state index in [1.807, 2.05) is 87.6 Å². The van der Waals surface area contributed by atoms with Gasteiger partial charge in [0.2, 0.25) is 0 Å². The van der Waals surface area contributed by atoms with Gasteiger partial charge in [-0.2, -0.15) is 0 Å². The first-order valence-electron chi connectivity index (χ1n) is 13.9. The Balaban J connectivity index is 1.55. The van der Waals surface area contributed by atoms with Crippen molar-refractivity contribution in [3.63, 3.8) is 0 Å². The van der Waals surface area contributed by atoms with E-state index in [1.54, 1.807) is 7.11 Å². The molecule has 0 fully saturated rings. The second-order valence-electron chi connectivity index (χ2n) is 11.1. The van der Waals surface area contributed by atoms with Gasteiger partial charge in [0.05, 0.1) is 13.7 Å². The number of nitrogens with zero attached hydrogens (tertiary/aromatic N) is 4. The normalized spacial score (nSPS) is 12.9. The van der Waals surface area contributed by atoms with E-state index in [0.717, 1.165) is 40.0 Å². The lowest BCUT2D eigenvalue weighted by Crippen LogP contribution is -2.32. The molecule has 0 amide bonds. The molecule has 2 aromatic heterocycles. The summed E-state index contributed by atoms with van der Waals surface area (Å²) in [5.74, 6) is 2.25. The van der Waals surface area contributed by atoms with Crippen molar-refractivity contribution in [2.45, 2.75) is 58.2 Å². The van der Waals surface area contributed by atoms with Gasteiger partial charge in [-0.05, 0) is 41.3 Å². The average molecular weight is 551 g/mol. The largest absolute Gasteiger partial charge is 0.595 e. The van der Waals surface area contributed by atoms with Crippen LogP contribution in [0, 0.1) is 0 Å². The van der Waals surface area contributed by atoms with E-state index in [0.29, 0.717) is 25.2 Å². The molecule has 0 saturated carbocycles. The number of hydrogen-bond acceptors (Lipinski definition) is 6. The quantitative estimate of drug-likeness (QED) is 0.185. The maximum absolute atomic E-state index is 13.0. The summed E-state index contributed by atoms with van der Waals surface area (Å²) in [5, 5.41) is 23.4. The Morgan fingerprint density at radius 1 is 0.927 bits per heavy atom. The number of nitrogens with one attached hydrogen (secondary N) is 1. The van der Waals surface area contributed by atoms with Crippen LogP contribution >= 0.6 is 0 Å². The molecule has 2 heterocycles. The minimum absolute atomic E-state index is 0.461. The van der Waals surface area contributed by atoms with Gasteiger partial charge in [-0.25, -0.2) is 0 Å². The van der Waals surface area contributed by atoms with E-state index in [2.05, 4.69) is 42.9 Å². The summed E-state index contributed by atoms with van der Waals surface area (Å²) in [6.45, 7) is 6.04. The lowest BCUT2D eigenvalue weighted by molar-refractivity contribution is -0.261. The van der Waals surface area contributed by atoms with E-state index in [-0.39, 0.29) is 0 Å². The predicted octanol–water partition coefficient (Wildman–Crippen LogP) is 5.42. The van der Waals surface area contributed by atoms with Crippen molar-refractivity contribution in [1.29, 1.82) is 0 Å². The van der Waals surface area contributed by atoms with Gasteiger partial charge in [-0.15, -0.1) is 10.2 Å². The smallest absolute Gasteiger partial charge is 0.158 e. The molecule has 0 radical (unpaired) electrons. The van der Waals surface area contributed by atoms with E-state index in [1.165, 1.54) is 5.56 Å². The molecule has 0 spiro atoms. The number of methoxy groups -OCH3 is 1. The van der Waals surface area contributed by atoms with Gasteiger partial charge in [0.15, 0.2) is 5.82 Å². The lowest BCUT2D eigenvalue weighted by Gasteiger charge is -2.30. The number of fused-ring (bicyclic) bond motifs is 1. The highest BCUT2D eigenvalue weighted by Crippen LogP contribution is 2.28. The second kappa shape index (κ2) is 12.3. The fourth-order valence-corrected chi connectivity index (χ4v) is 4.89. The lowest BCUT2D eigenvalue weighted by atomic mass is 10.0. The Bertz CT molecular complexity index is 1600. The van der Waals surface area contributed by atoms with Gasteiger partial charge in [-0.1, -0.05) is 81.4 Å². The van der Waals surface area contributed by atoms with Crippen LogP contribution in [-0.4, -0.2) is 38.5 Å². The molecule has 1 atom stereocenters. The van der Waals surface area contributed by atoms with Crippen LogP contribution in [0.15, 0.2) is 90.1 Å². The van der Waals surface area contributed by atoms with Crippen molar-refractivity contribution in [3.05, 3.63) is 113 Å². The van der Waals surface area contributed by atoms with Gasteiger partial charge < -0.3 is 24.1 Å². The van der Waals surface area contributed by atoms with Gasteiger partial charge in [0.25, 0.3) is 0 Å². The Morgan fingerprint density at radius 3 is 2.39 bits per heavy atom. The zero-order valence-corrected chi connectivity index (χ0v) is 24.0. The topological polar surface area (TPSA) is 100 Å². The molecule has 41 heavy (non-hydrogen) atoms. The number of H-pyrrole nitrogens is 1. The van der Waals surface area contributed by atoms with Gasteiger partial charge in [0, 0.05) is 35.5 Å². The van der Waals surface area contributed by atoms with E-state index in [9.17, 15) is 5.11 Å². The van der Waals surface area contributed by atoms with E-state index >= 15 is 0 Å². The molecule has 3 aromatic carbocycles. The van der Waals surface area contributed by atoms with Crippen LogP contribution in [0.1, 0.15) is 55.2 Å². The third kappa shape index (κ3) is 7.14. The second-order valence-corrected chi connectivity index (χ2v) is 11.1. The highest BCUT2D eigenvalue weighted by Gasteiger charge is 2.23. The third-order valence-electron chi connectivity index (χ3n) is 6.88. The summed E-state index contributed by atoms with van der Waals surface area (Å²) < 4.78 is 13.1. The number of para-hydroxylation sites is 1. The molecule has 8 nitrogen and oxygen atoms in total. The van der Waals surface area contributed by atoms with Crippen LogP contribution in [0.4, 0.5) is 0 Å². The number of aromatic nitrogens is 4. The number of aryl methyl sites for hydroxylation is 2. The first kappa shape index (κ1) is 28.0. The minimum Gasteiger partial charge on any atom is -0.595 e. The molecular weight excluding hydrogens is 514 g/mol. The van der Waals surface area contributed by atoms with Crippen molar-refractivity contribution in [2.75, 3.05) is 7.11 Å². The molecule has 5 rings (SSSR count). The predicted molar refractivity (Wildman–Crippen MR) is 159 cm³/mol. The van der Waals surface area contributed by atoms with E-state index in [4.69, 9.17) is 9.47 Å². The Kier molecular flexibility index (Phi) is 8.38. The molecular formula is C33H36N5O3-. The minimum atomic E-state index is -0.663. The Hall–Kier alpha value is -4.59. The third-order valence-corrected chi connectivity index (χ3v) is 6.88. The highest BCUT2D eigenvalue weighted by molar-refractivity contribution is 5.83. The number of hydrogen-bond donors (Lipinski definition) is 1. The summed E-state index contributed by atoms with van der Waals surface area (Å²) in [6.07, 6.45) is 3.33. The van der Waals surface area contributed by atoms with Crippen LogP contribution in [-0.2, 0) is 30.5 Å². The monoisotopic (exact) mass is 550 g/mol. The van der Waals surface area contributed by atoms with Gasteiger partial charge in [0.1, 0.15) is 23.7 Å². The fourth-order valence-electron chi connectivity index (χ4n) is 4.89. The van der Waals surface area contributed by atoms with Crippen LogP contribution in [0.25, 0.3) is 10.9 Å². The van der Waals surface area contributed by atoms with E-state index < -0.39 is 17.7 Å². The summed E-state index contributed by atoms with van der Waals surface area (Å²) in [5.41, 5.74) is 3.70. The maximum atomic E-state index is 13.0. The summed E-state index contributed by atoms with van der Waals surface area (Å²) in [4.78, 5) is 7.89. The van der Waals surface area contributed by atoms with Crippen LogP contribution < -0.4 is 9.84 Å². The summed E-state index contributed by atoms with van der Waals surface area (Å²) >= 11 is 0. The molecule has 0 saturated heterocycles. The van der Waals surface area contributed by atoms with Crippen molar-refractivity contribution in [1.82, 2.24) is 19.7 Å². The molecule has 8 heteroatoms. The highest BCUT2D eigenvalue weighted by atomic mass is 16.6. The molecule has 5 aromatic rings. The number of aromatic amines is 1. The van der Waals surface area contributed by atoms with Gasteiger partial charge in [-0.3, -0.25) is 4.99 Å². The standard InChI is InChI=1S/C33H37N5O3/c1-33(2,3)41-32(39)35-29(20-25-21-34-28-13-9-8-12-27(25)28)31-37-36-30(19-16-23-10-6-5-7-11-23)38(31)22-24-14-17-26(40-4)18-15-24/h5-15,17-18,21,29,34H,16,19-20,22H2,1-4H3,(H,35,39)/p-1/t29-/m1/s1. The molecule has 1 N–H and O–H groups in total. The Morgan fingerprint density at radius 2 is 1.66 bits per heavy atom. The summed E-state index contributed by atoms with van der Waals surface area (Å²) in [7, 11) is 1.65. The summed E-state index contributed by atoms with van der Waals surface area (Å²) in [6, 6.07) is 25.8. The van der Waals surface area contributed by atoms with Crippen molar-refractivity contribution in [3.8, 4) is 5.75 Å². The van der Waals surface area contributed by atoms with Crippen molar-refractivity contribution >= 4 is 17.0 Å². The molecule has 0 aliphatic rings. The first-order valence-corrected chi connectivity index (χ1v) is 13.9. The van der Waals surface area contributed by atoms with Crippen LogP contribution in [0.5, 0.6) is 5.75 Å². The van der Waals surface area contributed by atoms with Crippen molar-refractivity contribution in [2.24, 2.45) is 4.99 Å².